The van der Waals surface area contributed by atoms with E-state index in [4.69, 9.17) is 4.74 Å². The van der Waals surface area contributed by atoms with E-state index >= 15 is 0 Å². The number of ether oxygens (including phenoxy) is 1. The average molecular weight is 297 g/mol. The fourth-order valence-electron chi connectivity index (χ4n) is 1.84. The summed E-state index contributed by atoms with van der Waals surface area (Å²) < 4.78 is 5.02. The Hall–Kier alpha value is -1.43. The van der Waals surface area contributed by atoms with E-state index in [1.807, 2.05) is 25.1 Å². The second-order valence-corrected chi connectivity index (χ2v) is 4.22. The predicted molar refractivity (Wildman–Crippen MR) is 82.0 cm³/mol. The third kappa shape index (κ3) is 4.30. The number of methoxy groups -OCH3 is 1. The molecule has 5 nitrogen and oxygen atoms in total. The molecule has 0 atom stereocenters. The first kappa shape index (κ1) is 16.6. The lowest BCUT2D eigenvalue weighted by atomic mass is 10.1. The largest absolute Gasteiger partial charge is 0.383 e. The van der Waals surface area contributed by atoms with Gasteiger partial charge in [0.15, 0.2) is 0 Å². The van der Waals surface area contributed by atoms with Crippen LogP contribution in [0.4, 0.5) is 0 Å². The van der Waals surface area contributed by atoms with Gasteiger partial charge in [0.1, 0.15) is 11.4 Å². The molecule has 6 heteroatoms. The molecule has 0 amide bonds. The Kier molecular flexibility index (Phi) is 7.22. The molecule has 2 rings (SSSR count). The Morgan fingerprint density at radius 1 is 1.20 bits per heavy atom. The van der Waals surface area contributed by atoms with E-state index < -0.39 is 0 Å². The first-order chi connectivity index (χ1) is 9.35. The summed E-state index contributed by atoms with van der Waals surface area (Å²) in [5.74, 6) is 0. The summed E-state index contributed by atoms with van der Waals surface area (Å²) >= 11 is 0. The molecular formula is C14H21ClN4O. The van der Waals surface area contributed by atoms with Gasteiger partial charge in [0.25, 0.3) is 0 Å². The third-order valence-corrected chi connectivity index (χ3v) is 2.83. The Morgan fingerprint density at radius 2 is 1.95 bits per heavy atom. The van der Waals surface area contributed by atoms with Crippen molar-refractivity contribution in [2.24, 2.45) is 0 Å². The van der Waals surface area contributed by atoms with Crippen molar-refractivity contribution in [3.63, 3.8) is 0 Å². The van der Waals surface area contributed by atoms with E-state index in [9.17, 15) is 0 Å². The first-order valence-electron chi connectivity index (χ1n) is 6.54. The van der Waals surface area contributed by atoms with Crippen molar-refractivity contribution in [1.82, 2.24) is 20.3 Å². The maximum atomic E-state index is 5.02. The molecule has 0 saturated heterocycles. The zero-order chi connectivity index (χ0) is 13.5. The van der Waals surface area contributed by atoms with Crippen molar-refractivity contribution in [2.75, 3.05) is 20.3 Å². The molecule has 1 aromatic carbocycles. The third-order valence-electron chi connectivity index (χ3n) is 2.83. The molecule has 0 saturated carbocycles. The van der Waals surface area contributed by atoms with E-state index in [2.05, 4.69) is 27.6 Å². The van der Waals surface area contributed by atoms with Crippen molar-refractivity contribution >= 4 is 12.4 Å². The lowest BCUT2D eigenvalue weighted by Crippen LogP contribution is -2.19. The van der Waals surface area contributed by atoms with Gasteiger partial charge in [-0.05, 0) is 6.92 Å². The topological polar surface area (TPSA) is 52.0 Å². The van der Waals surface area contributed by atoms with Crippen LogP contribution in [-0.2, 0) is 17.8 Å². The number of rotatable bonds is 7. The normalized spacial score (nSPS) is 10.3. The molecule has 0 spiro atoms. The summed E-state index contributed by atoms with van der Waals surface area (Å²) in [5, 5.41) is 12.3. The van der Waals surface area contributed by atoms with Crippen molar-refractivity contribution in [3.8, 4) is 11.3 Å². The number of benzene rings is 1. The number of nitrogens with zero attached hydrogens (tertiary/aromatic N) is 3. The number of aromatic nitrogens is 3. The van der Waals surface area contributed by atoms with Gasteiger partial charge in [0, 0.05) is 25.8 Å². The van der Waals surface area contributed by atoms with Gasteiger partial charge < -0.3 is 10.1 Å². The number of halogens is 1. The summed E-state index contributed by atoms with van der Waals surface area (Å²) in [4.78, 5) is 1.73. The van der Waals surface area contributed by atoms with Gasteiger partial charge >= 0.3 is 0 Å². The summed E-state index contributed by atoms with van der Waals surface area (Å²) in [6.07, 6.45) is 0. The molecule has 1 aromatic heterocycles. The van der Waals surface area contributed by atoms with Crippen LogP contribution >= 0.6 is 12.4 Å². The molecule has 1 heterocycles. The van der Waals surface area contributed by atoms with Gasteiger partial charge in [-0.25, -0.2) is 0 Å². The molecule has 0 aliphatic heterocycles. The van der Waals surface area contributed by atoms with Crippen LogP contribution in [0, 0.1) is 0 Å². The number of aryl methyl sites for hydroxylation is 1. The van der Waals surface area contributed by atoms with E-state index in [0.717, 1.165) is 30.0 Å². The Labute approximate surface area is 125 Å². The van der Waals surface area contributed by atoms with Crippen LogP contribution < -0.4 is 5.32 Å². The van der Waals surface area contributed by atoms with Crippen molar-refractivity contribution in [2.45, 2.75) is 20.0 Å². The zero-order valence-electron chi connectivity index (χ0n) is 11.9. The smallest absolute Gasteiger partial charge is 0.117 e. The fourth-order valence-corrected chi connectivity index (χ4v) is 1.84. The lowest BCUT2D eigenvalue weighted by Gasteiger charge is -2.03. The second-order valence-electron chi connectivity index (χ2n) is 4.22. The van der Waals surface area contributed by atoms with Crippen LogP contribution in [0.2, 0.25) is 0 Å². The SMILES string of the molecule is CCn1nc(CNCCOC)c(-c2ccccc2)n1.Cl. The van der Waals surface area contributed by atoms with E-state index in [1.165, 1.54) is 0 Å². The number of nitrogens with one attached hydrogen (secondary N) is 1. The molecule has 0 aliphatic rings. The minimum Gasteiger partial charge on any atom is -0.383 e. The molecule has 1 N–H and O–H groups in total. The monoisotopic (exact) mass is 296 g/mol. The van der Waals surface area contributed by atoms with Crippen molar-refractivity contribution < 1.29 is 4.74 Å². The molecule has 20 heavy (non-hydrogen) atoms. The summed E-state index contributed by atoms with van der Waals surface area (Å²) in [6, 6.07) is 10.2. The molecule has 110 valence electrons. The molecule has 2 aromatic rings. The predicted octanol–water partition coefficient (Wildman–Crippen LogP) is 2.12. The molecule has 0 aliphatic carbocycles. The standard InChI is InChI=1S/C14H20N4O.ClH/c1-3-18-16-13(11-15-9-10-19-2)14(17-18)12-7-5-4-6-8-12;/h4-8,15H,3,9-11H2,1-2H3;1H. The highest BCUT2D eigenvalue weighted by atomic mass is 35.5. The minimum atomic E-state index is 0. The lowest BCUT2D eigenvalue weighted by molar-refractivity contribution is 0.199. The molecule has 0 radical (unpaired) electrons. The van der Waals surface area contributed by atoms with Gasteiger partial charge in [0.05, 0.1) is 13.2 Å². The molecular weight excluding hydrogens is 276 g/mol. The highest BCUT2D eigenvalue weighted by Gasteiger charge is 2.11. The van der Waals surface area contributed by atoms with Gasteiger partial charge in [-0.1, -0.05) is 30.3 Å². The van der Waals surface area contributed by atoms with Gasteiger partial charge in [0.2, 0.25) is 0 Å². The van der Waals surface area contributed by atoms with Crippen LogP contribution in [0.15, 0.2) is 30.3 Å². The Bertz CT molecular complexity index is 501. The minimum absolute atomic E-state index is 0. The number of hydrogen-bond donors (Lipinski definition) is 1. The average Bonchev–Trinajstić information content (AvgIpc) is 2.88. The highest BCUT2D eigenvalue weighted by Crippen LogP contribution is 2.19. The zero-order valence-corrected chi connectivity index (χ0v) is 12.7. The summed E-state index contributed by atoms with van der Waals surface area (Å²) in [6.45, 7) is 5.02. The maximum Gasteiger partial charge on any atom is 0.117 e. The van der Waals surface area contributed by atoms with Gasteiger partial charge in [-0.3, -0.25) is 0 Å². The van der Waals surface area contributed by atoms with Gasteiger partial charge in [-0.2, -0.15) is 15.0 Å². The fraction of sp³-hybridized carbons (Fsp3) is 0.429. The highest BCUT2D eigenvalue weighted by molar-refractivity contribution is 5.85. The second kappa shape index (κ2) is 8.68. The number of hydrogen-bond acceptors (Lipinski definition) is 4. The van der Waals surface area contributed by atoms with Crippen molar-refractivity contribution in [3.05, 3.63) is 36.0 Å². The first-order valence-corrected chi connectivity index (χ1v) is 6.54. The maximum absolute atomic E-state index is 5.02. The van der Waals surface area contributed by atoms with Crippen LogP contribution in [0.3, 0.4) is 0 Å². The van der Waals surface area contributed by atoms with Crippen LogP contribution in [0.5, 0.6) is 0 Å². The van der Waals surface area contributed by atoms with Crippen LogP contribution in [0.1, 0.15) is 12.6 Å². The molecule has 0 unspecified atom stereocenters. The quantitative estimate of drug-likeness (QED) is 0.795. The van der Waals surface area contributed by atoms with E-state index in [0.29, 0.717) is 13.2 Å². The molecule has 0 bridgehead atoms. The Morgan fingerprint density at radius 3 is 2.60 bits per heavy atom. The van der Waals surface area contributed by atoms with Crippen LogP contribution in [0.25, 0.3) is 11.3 Å². The Balaban J connectivity index is 0.00000200. The van der Waals surface area contributed by atoms with Crippen LogP contribution in [-0.4, -0.2) is 35.3 Å². The van der Waals surface area contributed by atoms with Gasteiger partial charge in [-0.15, -0.1) is 12.4 Å². The summed E-state index contributed by atoms with van der Waals surface area (Å²) in [5.41, 5.74) is 3.03. The summed E-state index contributed by atoms with van der Waals surface area (Å²) in [7, 11) is 1.70. The van der Waals surface area contributed by atoms with E-state index in [-0.39, 0.29) is 12.4 Å². The van der Waals surface area contributed by atoms with E-state index in [1.54, 1.807) is 11.9 Å². The van der Waals surface area contributed by atoms with Crippen molar-refractivity contribution in [1.29, 1.82) is 0 Å². The molecule has 0 fully saturated rings.